The van der Waals surface area contributed by atoms with Gasteiger partial charge < -0.3 is 10.6 Å². The van der Waals surface area contributed by atoms with Gasteiger partial charge in [-0.2, -0.15) is 13.2 Å². The number of nitrogens with zero attached hydrogens (tertiary/aromatic N) is 1. The summed E-state index contributed by atoms with van der Waals surface area (Å²) in [5, 5.41) is 5.06. The van der Waals surface area contributed by atoms with Crippen molar-refractivity contribution in [3.63, 3.8) is 0 Å². The van der Waals surface area contributed by atoms with E-state index in [9.17, 15) is 22.8 Å². The monoisotopic (exact) mass is 385 g/mol. The van der Waals surface area contributed by atoms with Crippen molar-refractivity contribution in [2.24, 2.45) is 0 Å². The van der Waals surface area contributed by atoms with E-state index >= 15 is 0 Å². The Labute approximate surface area is 158 Å². The summed E-state index contributed by atoms with van der Waals surface area (Å²) in [6.07, 6.45) is -1.71. The van der Waals surface area contributed by atoms with Crippen molar-refractivity contribution in [1.29, 1.82) is 0 Å². The van der Waals surface area contributed by atoms with Crippen molar-refractivity contribution in [1.82, 2.24) is 4.98 Å². The molecule has 0 saturated heterocycles. The summed E-state index contributed by atoms with van der Waals surface area (Å²) in [5.41, 5.74) is -0.550. The zero-order chi connectivity index (χ0) is 20.1. The zero-order valence-electron chi connectivity index (χ0n) is 14.3. The number of nitrogens with one attached hydrogen (secondary N) is 2. The molecule has 0 atom stereocenters. The minimum atomic E-state index is -4.65. The zero-order valence-corrected chi connectivity index (χ0v) is 14.3. The van der Waals surface area contributed by atoms with Crippen molar-refractivity contribution in [3.05, 3.63) is 89.7 Å². The Morgan fingerprint density at radius 3 is 2.14 bits per heavy atom. The molecule has 0 fully saturated rings. The smallest absolute Gasteiger partial charge is 0.322 e. The van der Waals surface area contributed by atoms with Crippen molar-refractivity contribution < 1.29 is 22.8 Å². The number of anilines is 2. The molecule has 3 rings (SSSR count). The van der Waals surface area contributed by atoms with Crippen molar-refractivity contribution in [3.8, 4) is 0 Å². The van der Waals surface area contributed by atoms with Gasteiger partial charge in [-0.25, -0.2) is 0 Å². The van der Waals surface area contributed by atoms with E-state index in [1.54, 1.807) is 24.3 Å². The molecule has 0 spiro atoms. The third-order valence-electron chi connectivity index (χ3n) is 3.78. The Hall–Kier alpha value is -3.68. The number of carbonyl (C=O) groups excluding carboxylic acids is 2. The van der Waals surface area contributed by atoms with E-state index in [1.807, 2.05) is 0 Å². The lowest BCUT2D eigenvalue weighted by Crippen LogP contribution is -2.18. The molecule has 1 heterocycles. The number of hydrogen-bond acceptors (Lipinski definition) is 3. The molecule has 28 heavy (non-hydrogen) atoms. The summed E-state index contributed by atoms with van der Waals surface area (Å²) in [6, 6.07) is 13.8. The fourth-order valence-electron chi connectivity index (χ4n) is 2.50. The second-order valence-corrected chi connectivity index (χ2v) is 5.77. The van der Waals surface area contributed by atoms with Gasteiger partial charge in [-0.15, -0.1) is 0 Å². The third kappa shape index (κ3) is 4.53. The van der Waals surface area contributed by atoms with E-state index in [0.717, 1.165) is 12.1 Å². The van der Waals surface area contributed by atoms with Crippen LogP contribution < -0.4 is 10.6 Å². The molecule has 0 saturated carbocycles. The number of amides is 2. The van der Waals surface area contributed by atoms with Crippen LogP contribution in [0.25, 0.3) is 0 Å². The summed E-state index contributed by atoms with van der Waals surface area (Å²) < 4.78 is 39.3. The summed E-state index contributed by atoms with van der Waals surface area (Å²) in [7, 11) is 0. The van der Waals surface area contributed by atoms with Gasteiger partial charge >= 0.3 is 6.18 Å². The average Bonchev–Trinajstić information content (AvgIpc) is 2.68. The Morgan fingerprint density at radius 2 is 1.50 bits per heavy atom. The molecule has 0 bridgehead atoms. The highest BCUT2D eigenvalue weighted by molar-refractivity contribution is 6.07. The van der Waals surface area contributed by atoms with Gasteiger partial charge in [-0.1, -0.05) is 18.2 Å². The number of carbonyl (C=O) groups is 2. The van der Waals surface area contributed by atoms with Crippen LogP contribution in [0.4, 0.5) is 24.5 Å². The Morgan fingerprint density at radius 1 is 0.821 bits per heavy atom. The number of hydrogen-bond donors (Lipinski definition) is 2. The second-order valence-electron chi connectivity index (χ2n) is 5.77. The maximum absolute atomic E-state index is 13.1. The Bertz CT molecular complexity index is 1000. The fraction of sp³-hybridized carbons (Fsp3) is 0.0500. The largest absolute Gasteiger partial charge is 0.417 e. The second kappa shape index (κ2) is 7.91. The van der Waals surface area contributed by atoms with Crippen LogP contribution in [0.3, 0.4) is 0 Å². The molecule has 0 aliphatic heterocycles. The number of halogens is 3. The molecule has 0 unspecified atom stereocenters. The Balaban J connectivity index is 1.77. The molecule has 0 radical (unpaired) electrons. The molecule has 0 aliphatic carbocycles. The first-order chi connectivity index (χ1) is 13.3. The normalized spacial score (nSPS) is 11.0. The van der Waals surface area contributed by atoms with Gasteiger partial charge in [0.05, 0.1) is 16.7 Å². The molecule has 3 aromatic rings. The van der Waals surface area contributed by atoms with Gasteiger partial charge in [-0.05, 0) is 42.5 Å². The van der Waals surface area contributed by atoms with E-state index in [4.69, 9.17) is 0 Å². The van der Waals surface area contributed by atoms with Gasteiger partial charge in [-0.3, -0.25) is 14.6 Å². The van der Waals surface area contributed by atoms with Gasteiger partial charge in [0.15, 0.2) is 0 Å². The van der Waals surface area contributed by atoms with E-state index in [0.29, 0.717) is 11.3 Å². The standard InChI is InChI=1S/C20H14F3N3O2/c21-20(22,23)17-9-2-1-8-16(17)19(28)26-15-7-3-6-14(11-15)25-18(27)13-5-4-10-24-12-13/h1-12H,(H,25,27)(H,26,28). The van der Waals surface area contributed by atoms with Gasteiger partial charge in [0.1, 0.15) is 0 Å². The molecular weight excluding hydrogens is 371 g/mol. The van der Waals surface area contributed by atoms with Crippen molar-refractivity contribution in [2.45, 2.75) is 6.18 Å². The topological polar surface area (TPSA) is 71.1 Å². The van der Waals surface area contributed by atoms with Crippen molar-refractivity contribution in [2.75, 3.05) is 10.6 Å². The minimum Gasteiger partial charge on any atom is -0.322 e. The van der Waals surface area contributed by atoms with Crippen molar-refractivity contribution >= 4 is 23.2 Å². The van der Waals surface area contributed by atoms with E-state index in [1.165, 1.54) is 36.7 Å². The highest BCUT2D eigenvalue weighted by atomic mass is 19.4. The number of alkyl halides is 3. The molecular formula is C20H14F3N3O2. The number of benzene rings is 2. The van der Waals surface area contributed by atoms with Gasteiger partial charge in [0.25, 0.3) is 11.8 Å². The number of rotatable bonds is 4. The molecule has 2 amide bonds. The first kappa shape index (κ1) is 19.1. The lowest BCUT2D eigenvalue weighted by Gasteiger charge is -2.13. The predicted octanol–water partition coefficient (Wildman–Crippen LogP) is 4.61. The van der Waals surface area contributed by atoms with Crippen LogP contribution in [-0.4, -0.2) is 16.8 Å². The van der Waals surface area contributed by atoms with Gasteiger partial charge in [0, 0.05) is 23.8 Å². The quantitative estimate of drug-likeness (QED) is 0.689. The van der Waals surface area contributed by atoms with Gasteiger partial charge in [0.2, 0.25) is 0 Å². The van der Waals surface area contributed by atoms with Crippen LogP contribution in [0.15, 0.2) is 73.1 Å². The molecule has 1 aromatic heterocycles. The molecule has 2 aromatic carbocycles. The first-order valence-corrected chi connectivity index (χ1v) is 8.13. The number of aromatic nitrogens is 1. The number of pyridine rings is 1. The highest BCUT2D eigenvalue weighted by Crippen LogP contribution is 2.32. The van der Waals surface area contributed by atoms with Crippen LogP contribution in [-0.2, 0) is 6.18 Å². The third-order valence-corrected chi connectivity index (χ3v) is 3.78. The maximum atomic E-state index is 13.1. The summed E-state index contributed by atoms with van der Waals surface area (Å²) in [6.45, 7) is 0. The minimum absolute atomic E-state index is 0.242. The van der Waals surface area contributed by atoms with E-state index < -0.39 is 29.1 Å². The lowest BCUT2D eigenvalue weighted by atomic mass is 10.1. The highest BCUT2D eigenvalue weighted by Gasteiger charge is 2.34. The maximum Gasteiger partial charge on any atom is 0.417 e. The van der Waals surface area contributed by atoms with E-state index in [-0.39, 0.29) is 5.69 Å². The SMILES string of the molecule is O=C(Nc1cccc(NC(=O)c2ccccc2C(F)(F)F)c1)c1cccnc1. The molecule has 2 N–H and O–H groups in total. The summed E-state index contributed by atoms with van der Waals surface area (Å²) >= 11 is 0. The average molecular weight is 385 g/mol. The molecule has 5 nitrogen and oxygen atoms in total. The van der Waals surface area contributed by atoms with Crippen LogP contribution in [0.2, 0.25) is 0 Å². The fourth-order valence-corrected chi connectivity index (χ4v) is 2.50. The summed E-state index contributed by atoms with van der Waals surface area (Å²) in [5.74, 6) is -1.30. The van der Waals surface area contributed by atoms with E-state index in [2.05, 4.69) is 15.6 Å². The van der Waals surface area contributed by atoms with Crippen LogP contribution >= 0.6 is 0 Å². The Kier molecular flexibility index (Phi) is 5.39. The first-order valence-electron chi connectivity index (χ1n) is 8.13. The van der Waals surface area contributed by atoms with Crippen LogP contribution in [0.5, 0.6) is 0 Å². The summed E-state index contributed by atoms with van der Waals surface area (Å²) in [4.78, 5) is 28.3. The van der Waals surface area contributed by atoms with Crippen LogP contribution in [0, 0.1) is 0 Å². The van der Waals surface area contributed by atoms with Crippen LogP contribution in [0.1, 0.15) is 26.3 Å². The predicted molar refractivity (Wildman–Crippen MR) is 98.0 cm³/mol. The molecule has 8 heteroatoms. The lowest BCUT2D eigenvalue weighted by molar-refractivity contribution is -0.137. The molecule has 142 valence electrons. The molecule has 0 aliphatic rings.